The molecule has 0 amide bonds. The average molecular weight is 311 g/mol. The SMILES string of the molecule is CCCC(COC)NCc1cc2c(cc1SC)OCCO2. The molecular weight excluding hydrogens is 286 g/mol. The van der Waals surface area contributed by atoms with Gasteiger partial charge in [0.05, 0.1) is 6.61 Å². The van der Waals surface area contributed by atoms with Gasteiger partial charge < -0.3 is 19.5 Å². The molecule has 0 aliphatic carbocycles. The molecule has 21 heavy (non-hydrogen) atoms. The molecule has 1 heterocycles. The number of hydrogen-bond donors (Lipinski definition) is 1. The number of rotatable bonds is 8. The Hall–Kier alpha value is -0.910. The molecule has 2 rings (SSSR count). The molecule has 1 aliphatic heterocycles. The van der Waals surface area contributed by atoms with E-state index in [0.717, 1.165) is 37.5 Å². The molecule has 0 fully saturated rings. The molecule has 0 aromatic heterocycles. The van der Waals surface area contributed by atoms with Gasteiger partial charge in [-0.2, -0.15) is 0 Å². The summed E-state index contributed by atoms with van der Waals surface area (Å²) in [5, 5.41) is 3.58. The summed E-state index contributed by atoms with van der Waals surface area (Å²) in [6, 6.07) is 4.58. The zero-order valence-corrected chi connectivity index (χ0v) is 13.9. The zero-order chi connectivity index (χ0) is 15.1. The van der Waals surface area contributed by atoms with E-state index in [2.05, 4.69) is 30.6 Å². The first-order chi connectivity index (χ1) is 10.3. The smallest absolute Gasteiger partial charge is 0.162 e. The van der Waals surface area contributed by atoms with E-state index >= 15 is 0 Å². The van der Waals surface area contributed by atoms with E-state index in [-0.39, 0.29) is 0 Å². The minimum absolute atomic E-state index is 0.392. The third-order valence-corrected chi connectivity index (χ3v) is 4.35. The number of nitrogens with one attached hydrogen (secondary N) is 1. The number of hydrogen-bond acceptors (Lipinski definition) is 5. The van der Waals surface area contributed by atoms with Crippen LogP contribution in [0.1, 0.15) is 25.3 Å². The number of fused-ring (bicyclic) bond motifs is 1. The van der Waals surface area contributed by atoms with Crippen molar-refractivity contribution in [3.63, 3.8) is 0 Å². The van der Waals surface area contributed by atoms with Crippen LogP contribution < -0.4 is 14.8 Å². The molecule has 1 N–H and O–H groups in total. The lowest BCUT2D eigenvalue weighted by Crippen LogP contribution is -2.32. The fourth-order valence-electron chi connectivity index (χ4n) is 2.49. The van der Waals surface area contributed by atoms with Crippen molar-refractivity contribution in [1.29, 1.82) is 0 Å². The van der Waals surface area contributed by atoms with Crippen LogP contribution in [0.4, 0.5) is 0 Å². The van der Waals surface area contributed by atoms with Crippen LogP contribution in [0.5, 0.6) is 11.5 Å². The van der Waals surface area contributed by atoms with Crippen LogP contribution in [0.2, 0.25) is 0 Å². The Morgan fingerprint density at radius 3 is 2.62 bits per heavy atom. The Morgan fingerprint density at radius 1 is 1.29 bits per heavy atom. The van der Waals surface area contributed by atoms with Gasteiger partial charge in [0.15, 0.2) is 11.5 Å². The van der Waals surface area contributed by atoms with E-state index in [1.165, 1.54) is 10.5 Å². The van der Waals surface area contributed by atoms with Crippen molar-refractivity contribution >= 4 is 11.8 Å². The molecule has 0 radical (unpaired) electrons. The molecule has 118 valence electrons. The third-order valence-electron chi connectivity index (χ3n) is 3.53. The largest absolute Gasteiger partial charge is 0.486 e. The highest BCUT2D eigenvalue weighted by Gasteiger charge is 2.16. The molecule has 0 bridgehead atoms. The Morgan fingerprint density at radius 2 is 2.00 bits per heavy atom. The van der Waals surface area contributed by atoms with Gasteiger partial charge in [0.25, 0.3) is 0 Å². The lowest BCUT2D eigenvalue weighted by atomic mass is 10.1. The molecular formula is C16H25NO3S. The average Bonchev–Trinajstić information content (AvgIpc) is 2.52. The van der Waals surface area contributed by atoms with Gasteiger partial charge in [0, 0.05) is 24.6 Å². The van der Waals surface area contributed by atoms with Crippen LogP contribution in [0.25, 0.3) is 0 Å². The Labute approximate surface area is 131 Å². The molecule has 1 aliphatic rings. The summed E-state index contributed by atoms with van der Waals surface area (Å²) in [6.07, 6.45) is 4.36. The van der Waals surface area contributed by atoms with Gasteiger partial charge in [0.2, 0.25) is 0 Å². The molecule has 1 aromatic rings. The monoisotopic (exact) mass is 311 g/mol. The summed E-state index contributed by atoms with van der Waals surface area (Å²) in [5.74, 6) is 1.71. The van der Waals surface area contributed by atoms with Gasteiger partial charge in [-0.3, -0.25) is 0 Å². The van der Waals surface area contributed by atoms with Crippen molar-refractivity contribution < 1.29 is 14.2 Å². The van der Waals surface area contributed by atoms with Crippen LogP contribution in [0.3, 0.4) is 0 Å². The fraction of sp³-hybridized carbons (Fsp3) is 0.625. The summed E-state index contributed by atoms with van der Waals surface area (Å²) in [7, 11) is 1.75. The van der Waals surface area contributed by atoms with Gasteiger partial charge in [0.1, 0.15) is 13.2 Å². The number of thioether (sulfide) groups is 1. The first kappa shape index (κ1) is 16.5. The van der Waals surface area contributed by atoms with Gasteiger partial charge in [-0.15, -0.1) is 11.8 Å². The highest BCUT2D eigenvalue weighted by atomic mass is 32.2. The lowest BCUT2D eigenvalue weighted by molar-refractivity contribution is 0.161. The quantitative estimate of drug-likeness (QED) is 0.747. The highest BCUT2D eigenvalue weighted by molar-refractivity contribution is 7.98. The molecule has 1 unspecified atom stereocenters. The van der Waals surface area contributed by atoms with E-state index in [0.29, 0.717) is 19.3 Å². The second-order valence-corrected chi connectivity index (χ2v) is 5.98. The molecule has 1 aromatic carbocycles. The van der Waals surface area contributed by atoms with Crippen molar-refractivity contribution in [2.24, 2.45) is 0 Å². The van der Waals surface area contributed by atoms with Crippen LogP contribution in [0, 0.1) is 0 Å². The van der Waals surface area contributed by atoms with Crippen molar-refractivity contribution in [2.45, 2.75) is 37.2 Å². The number of benzene rings is 1. The van der Waals surface area contributed by atoms with Crippen LogP contribution in [-0.4, -0.2) is 39.2 Å². The van der Waals surface area contributed by atoms with Crippen LogP contribution in [0.15, 0.2) is 17.0 Å². The molecule has 5 heteroatoms. The van der Waals surface area contributed by atoms with E-state index in [4.69, 9.17) is 14.2 Å². The second-order valence-electron chi connectivity index (χ2n) is 5.13. The molecule has 4 nitrogen and oxygen atoms in total. The maximum absolute atomic E-state index is 5.68. The first-order valence-electron chi connectivity index (χ1n) is 7.47. The molecule has 1 atom stereocenters. The number of ether oxygens (including phenoxy) is 3. The highest BCUT2D eigenvalue weighted by Crippen LogP contribution is 2.36. The Kier molecular flexibility index (Phi) is 6.67. The summed E-state index contributed by atoms with van der Waals surface area (Å²) in [5.41, 5.74) is 1.25. The normalized spacial score (nSPS) is 15.0. The predicted octanol–water partition coefficient (Wildman–Crippen LogP) is 3.08. The van der Waals surface area contributed by atoms with Gasteiger partial charge >= 0.3 is 0 Å². The standard InChI is InChI=1S/C16H25NO3S/c1-4-5-13(11-18-2)17-10-12-8-14-15(9-16(12)21-3)20-7-6-19-14/h8-9,13,17H,4-7,10-11H2,1-3H3. The summed E-state index contributed by atoms with van der Waals surface area (Å²) < 4.78 is 16.6. The third kappa shape index (κ3) is 4.53. The first-order valence-corrected chi connectivity index (χ1v) is 8.69. The zero-order valence-electron chi connectivity index (χ0n) is 13.1. The van der Waals surface area contributed by atoms with Gasteiger partial charge in [-0.25, -0.2) is 0 Å². The molecule has 0 saturated heterocycles. The van der Waals surface area contributed by atoms with Crippen molar-refractivity contribution in [3.05, 3.63) is 17.7 Å². The van der Waals surface area contributed by atoms with Crippen molar-refractivity contribution in [2.75, 3.05) is 33.2 Å². The minimum Gasteiger partial charge on any atom is -0.486 e. The number of methoxy groups -OCH3 is 1. The fourth-order valence-corrected chi connectivity index (χ4v) is 3.11. The topological polar surface area (TPSA) is 39.7 Å². The van der Waals surface area contributed by atoms with Gasteiger partial charge in [-0.05, 0) is 30.4 Å². The summed E-state index contributed by atoms with van der Waals surface area (Å²) in [4.78, 5) is 1.24. The van der Waals surface area contributed by atoms with E-state index in [9.17, 15) is 0 Å². The Balaban J connectivity index is 2.07. The Bertz CT molecular complexity index is 447. The van der Waals surface area contributed by atoms with Crippen LogP contribution in [-0.2, 0) is 11.3 Å². The summed E-state index contributed by atoms with van der Waals surface area (Å²) >= 11 is 1.74. The maximum atomic E-state index is 5.68. The van der Waals surface area contributed by atoms with Crippen LogP contribution >= 0.6 is 11.8 Å². The van der Waals surface area contributed by atoms with E-state index < -0.39 is 0 Å². The maximum Gasteiger partial charge on any atom is 0.162 e. The minimum atomic E-state index is 0.392. The van der Waals surface area contributed by atoms with E-state index in [1.54, 1.807) is 18.9 Å². The predicted molar refractivity (Wildman–Crippen MR) is 86.6 cm³/mol. The lowest BCUT2D eigenvalue weighted by Gasteiger charge is -2.22. The summed E-state index contributed by atoms with van der Waals surface area (Å²) in [6.45, 7) is 5.01. The van der Waals surface area contributed by atoms with E-state index in [1.807, 2.05) is 0 Å². The molecule has 0 spiro atoms. The second kappa shape index (κ2) is 8.51. The van der Waals surface area contributed by atoms with Crippen molar-refractivity contribution in [3.8, 4) is 11.5 Å². The molecule has 0 saturated carbocycles. The van der Waals surface area contributed by atoms with Gasteiger partial charge in [-0.1, -0.05) is 13.3 Å². The van der Waals surface area contributed by atoms with Crippen molar-refractivity contribution in [1.82, 2.24) is 5.32 Å².